The number of para-hydroxylation sites is 2. The first-order valence-corrected chi connectivity index (χ1v) is 8.55. The number of hydrogen-bond donors (Lipinski definition) is 1. The number of amides is 1. The van der Waals surface area contributed by atoms with Gasteiger partial charge in [0, 0.05) is 12.2 Å². The summed E-state index contributed by atoms with van der Waals surface area (Å²) >= 11 is 1.58. The van der Waals surface area contributed by atoms with E-state index in [1.54, 1.807) is 11.3 Å². The van der Waals surface area contributed by atoms with Crippen molar-refractivity contribution in [2.24, 2.45) is 0 Å². The minimum atomic E-state index is -0.304. The Labute approximate surface area is 138 Å². The van der Waals surface area contributed by atoms with Crippen molar-refractivity contribution in [1.82, 2.24) is 4.98 Å². The SMILES string of the molecule is C[C@@H](Nc1nc2ccccc2s1)C(=O)N1CCc2ccccc21. The minimum Gasteiger partial charge on any atom is -0.350 e. The molecule has 1 N–H and O–H groups in total. The van der Waals surface area contributed by atoms with Crippen molar-refractivity contribution in [2.45, 2.75) is 19.4 Å². The highest BCUT2D eigenvalue weighted by Crippen LogP contribution is 2.29. The van der Waals surface area contributed by atoms with Crippen LogP contribution >= 0.6 is 11.3 Å². The lowest BCUT2D eigenvalue weighted by Gasteiger charge is -2.22. The molecule has 4 rings (SSSR count). The van der Waals surface area contributed by atoms with E-state index in [1.807, 2.05) is 54.3 Å². The van der Waals surface area contributed by atoms with Crippen LogP contribution in [0.5, 0.6) is 0 Å². The first-order valence-electron chi connectivity index (χ1n) is 7.74. The van der Waals surface area contributed by atoms with E-state index in [-0.39, 0.29) is 11.9 Å². The van der Waals surface area contributed by atoms with Gasteiger partial charge in [0.25, 0.3) is 0 Å². The highest BCUT2D eigenvalue weighted by molar-refractivity contribution is 7.22. The maximum absolute atomic E-state index is 12.8. The topological polar surface area (TPSA) is 45.2 Å². The number of aromatic nitrogens is 1. The van der Waals surface area contributed by atoms with Crippen LogP contribution < -0.4 is 10.2 Å². The fourth-order valence-electron chi connectivity index (χ4n) is 2.98. The number of fused-ring (bicyclic) bond motifs is 2. The number of carbonyl (C=O) groups excluding carboxylic acids is 1. The molecule has 0 aliphatic carbocycles. The largest absolute Gasteiger partial charge is 0.350 e. The fourth-order valence-corrected chi connectivity index (χ4v) is 3.93. The van der Waals surface area contributed by atoms with Crippen molar-refractivity contribution in [3.05, 3.63) is 54.1 Å². The minimum absolute atomic E-state index is 0.0919. The van der Waals surface area contributed by atoms with E-state index >= 15 is 0 Å². The van der Waals surface area contributed by atoms with Crippen LogP contribution in [0.1, 0.15) is 12.5 Å². The average molecular weight is 323 g/mol. The Morgan fingerprint density at radius 2 is 2.00 bits per heavy atom. The van der Waals surface area contributed by atoms with Gasteiger partial charge in [0.15, 0.2) is 5.13 Å². The molecule has 0 saturated carbocycles. The third kappa shape index (κ3) is 2.57. The molecular formula is C18H17N3OS. The molecule has 3 aromatic rings. The van der Waals surface area contributed by atoms with E-state index in [9.17, 15) is 4.79 Å². The quantitative estimate of drug-likeness (QED) is 0.799. The molecule has 0 fully saturated rings. The number of rotatable bonds is 3. The van der Waals surface area contributed by atoms with Gasteiger partial charge in [-0.05, 0) is 37.1 Å². The highest BCUT2D eigenvalue weighted by atomic mass is 32.1. The molecule has 2 aromatic carbocycles. The Morgan fingerprint density at radius 1 is 1.22 bits per heavy atom. The molecule has 1 aliphatic heterocycles. The Balaban J connectivity index is 1.53. The summed E-state index contributed by atoms with van der Waals surface area (Å²) in [7, 11) is 0. The van der Waals surface area contributed by atoms with Crippen LogP contribution in [-0.2, 0) is 11.2 Å². The number of nitrogens with one attached hydrogen (secondary N) is 1. The summed E-state index contributed by atoms with van der Waals surface area (Å²) < 4.78 is 1.13. The molecule has 116 valence electrons. The van der Waals surface area contributed by atoms with Crippen LogP contribution in [0.15, 0.2) is 48.5 Å². The molecular weight excluding hydrogens is 306 g/mol. The third-order valence-corrected chi connectivity index (χ3v) is 5.13. The summed E-state index contributed by atoms with van der Waals surface area (Å²) in [6.45, 7) is 2.65. The van der Waals surface area contributed by atoms with Gasteiger partial charge in [-0.1, -0.05) is 41.7 Å². The van der Waals surface area contributed by atoms with Crippen molar-refractivity contribution >= 4 is 38.3 Å². The van der Waals surface area contributed by atoms with Gasteiger partial charge in [0.1, 0.15) is 6.04 Å². The third-order valence-electron chi connectivity index (χ3n) is 4.16. The maximum Gasteiger partial charge on any atom is 0.249 e. The van der Waals surface area contributed by atoms with Crippen molar-refractivity contribution in [2.75, 3.05) is 16.8 Å². The van der Waals surface area contributed by atoms with Crippen LogP contribution in [0.4, 0.5) is 10.8 Å². The molecule has 1 aliphatic rings. The Morgan fingerprint density at radius 3 is 2.87 bits per heavy atom. The zero-order chi connectivity index (χ0) is 15.8. The summed E-state index contributed by atoms with van der Waals surface area (Å²) in [5.41, 5.74) is 3.25. The van der Waals surface area contributed by atoms with Gasteiger partial charge in [-0.2, -0.15) is 0 Å². The molecule has 5 heteroatoms. The molecule has 1 amide bonds. The summed E-state index contributed by atoms with van der Waals surface area (Å²) in [6, 6.07) is 15.8. The van der Waals surface area contributed by atoms with Gasteiger partial charge in [-0.3, -0.25) is 4.79 Å². The lowest BCUT2D eigenvalue weighted by atomic mass is 10.2. The van der Waals surface area contributed by atoms with Crippen molar-refractivity contribution in [3.8, 4) is 0 Å². The van der Waals surface area contributed by atoms with Gasteiger partial charge in [0.2, 0.25) is 5.91 Å². The molecule has 0 unspecified atom stereocenters. The van der Waals surface area contributed by atoms with Crippen molar-refractivity contribution < 1.29 is 4.79 Å². The Hall–Kier alpha value is -2.40. The summed E-state index contributed by atoms with van der Waals surface area (Å²) in [5, 5.41) is 4.05. The second-order valence-corrected chi connectivity index (χ2v) is 6.75. The predicted molar refractivity (Wildman–Crippen MR) is 95.2 cm³/mol. The molecule has 0 bridgehead atoms. The van der Waals surface area contributed by atoms with E-state index in [1.165, 1.54) is 5.56 Å². The monoisotopic (exact) mass is 323 g/mol. The second-order valence-electron chi connectivity index (χ2n) is 5.72. The van der Waals surface area contributed by atoms with E-state index in [0.717, 1.165) is 34.0 Å². The smallest absolute Gasteiger partial charge is 0.249 e. The van der Waals surface area contributed by atoms with Crippen molar-refractivity contribution in [1.29, 1.82) is 0 Å². The molecule has 0 spiro atoms. The number of hydrogen-bond acceptors (Lipinski definition) is 4. The molecule has 2 heterocycles. The molecule has 4 nitrogen and oxygen atoms in total. The zero-order valence-electron chi connectivity index (χ0n) is 12.8. The molecule has 0 saturated heterocycles. The molecule has 1 aromatic heterocycles. The number of nitrogens with zero attached hydrogens (tertiary/aromatic N) is 2. The van der Waals surface area contributed by atoms with Crippen LogP contribution in [0.2, 0.25) is 0 Å². The van der Waals surface area contributed by atoms with Crippen LogP contribution in [0.3, 0.4) is 0 Å². The number of carbonyl (C=O) groups is 1. The molecule has 23 heavy (non-hydrogen) atoms. The Bertz CT molecular complexity index is 840. The van der Waals surface area contributed by atoms with Crippen LogP contribution in [0, 0.1) is 0 Å². The zero-order valence-corrected chi connectivity index (χ0v) is 13.6. The van der Waals surface area contributed by atoms with Crippen LogP contribution in [0.25, 0.3) is 10.2 Å². The predicted octanol–water partition coefficient (Wildman–Crippen LogP) is 3.69. The van der Waals surface area contributed by atoms with Gasteiger partial charge in [-0.15, -0.1) is 0 Å². The molecule has 0 radical (unpaired) electrons. The number of thiazole rings is 1. The first-order chi connectivity index (χ1) is 11.2. The van der Waals surface area contributed by atoms with Crippen molar-refractivity contribution in [3.63, 3.8) is 0 Å². The average Bonchev–Trinajstić information content (AvgIpc) is 3.17. The van der Waals surface area contributed by atoms with Gasteiger partial charge >= 0.3 is 0 Å². The lowest BCUT2D eigenvalue weighted by molar-refractivity contribution is -0.118. The van der Waals surface area contributed by atoms with E-state index in [0.29, 0.717) is 0 Å². The maximum atomic E-state index is 12.8. The van der Waals surface area contributed by atoms with Crippen LogP contribution in [-0.4, -0.2) is 23.5 Å². The van der Waals surface area contributed by atoms with E-state index in [4.69, 9.17) is 0 Å². The van der Waals surface area contributed by atoms with Gasteiger partial charge in [0.05, 0.1) is 10.2 Å². The standard InChI is InChI=1S/C18H17N3OS/c1-12(19-18-20-14-7-3-5-9-16(14)23-18)17(22)21-11-10-13-6-2-4-8-15(13)21/h2-9,12H,10-11H2,1H3,(H,19,20)/t12-/m1/s1. The summed E-state index contributed by atoms with van der Waals surface area (Å²) in [6.07, 6.45) is 0.926. The van der Waals surface area contributed by atoms with E-state index < -0.39 is 0 Å². The number of benzene rings is 2. The number of anilines is 2. The second kappa shape index (κ2) is 5.66. The van der Waals surface area contributed by atoms with E-state index in [2.05, 4.69) is 16.4 Å². The fraction of sp³-hybridized carbons (Fsp3) is 0.222. The normalized spacial score (nSPS) is 14.7. The summed E-state index contributed by atoms with van der Waals surface area (Å²) in [5.74, 6) is 0.0919. The lowest BCUT2D eigenvalue weighted by Crippen LogP contribution is -2.40. The summed E-state index contributed by atoms with van der Waals surface area (Å²) in [4.78, 5) is 19.2. The van der Waals surface area contributed by atoms with Gasteiger partial charge < -0.3 is 10.2 Å². The molecule has 1 atom stereocenters. The first kappa shape index (κ1) is 14.2. The van der Waals surface area contributed by atoms with Gasteiger partial charge in [-0.25, -0.2) is 4.98 Å². The Kier molecular flexibility index (Phi) is 3.50. The highest BCUT2D eigenvalue weighted by Gasteiger charge is 2.28.